The van der Waals surface area contributed by atoms with Crippen molar-refractivity contribution in [3.63, 3.8) is 0 Å². The predicted octanol–water partition coefficient (Wildman–Crippen LogP) is 3.14. The van der Waals surface area contributed by atoms with Gasteiger partial charge in [-0.3, -0.25) is 0 Å². The molecule has 2 aromatic carbocycles. The number of rotatable bonds is 7. The van der Waals surface area contributed by atoms with E-state index in [2.05, 4.69) is 10.6 Å². The van der Waals surface area contributed by atoms with Crippen molar-refractivity contribution in [1.29, 1.82) is 0 Å². The third-order valence-electron chi connectivity index (χ3n) is 4.59. The molecule has 156 valence electrons. The number of benzene rings is 2. The summed E-state index contributed by atoms with van der Waals surface area (Å²) >= 11 is 6.24. The lowest BCUT2D eigenvalue weighted by Gasteiger charge is -2.26. The number of anilines is 1. The van der Waals surface area contributed by atoms with E-state index in [9.17, 15) is 9.90 Å². The lowest BCUT2D eigenvalue weighted by molar-refractivity contribution is 0.0911. The first-order valence-corrected chi connectivity index (χ1v) is 9.83. The molecule has 1 aliphatic heterocycles. The summed E-state index contributed by atoms with van der Waals surface area (Å²) in [6.45, 7) is 1.82. The van der Waals surface area contributed by atoms with Crippen LogP contribution in [0.4, 0.5) is 10.5 Å². The second kappa shape index (κ2) is 9.82. The van der Waals surface area contributed by atoms with Gasteiger partial charge in [-0.05, 0) is 19.7 Å². The molecule has 2 unspecified atom stereocenters. The topological polar surface area (TPSA) is 83.1 Å². The van der Waals surface area contributed by atoms with E-state index < -0.39 is 12.1 Å². The van der Waals surface area contributed by atoms with Crippen LogP contribution in [-0.4, -0.2) is 56.4 Å². The van der Waals surface area contributed by atoms with Crippen LogP contribution >= 0.6 is 11.6 Å². The Labute approximate surface area is 175 Å². The lowest BCUT2D eigenvalue weighted by Crippen LogP contribution is -2.39. The van der Waals surface area contributed by atoms with Crippen molar-refractivity contribution in [2.75, 3.05) is 45.7 Å². The fourth-order valence-corrected chi connectivity index (χ4v) is 3.42. The van der Waals surface area contributed by atoms with Crippen LogP contribution in [0.1, 0.15) is 11.7 Å². The first-order chi connectivity index (χ1) is 13.9. The van der Waals surface area contributed by atoms with Gasteiger partial charge < -0.3 is 30.1 Å². The number of urea groups is 1. The molecular formula is C21H26ClN3O4. The summed E-state index contributed by atoms with van der Waals surface area (Å²) in [4.78, 5) is 14.4. The van der Waals surface area contributed by atoms with E-state index in [1.807, 2.05) is 49.3 Å². The predicted molar refractivity (Wildman–Crippen MR) is 113 cm³/mol. The molecule has 0 aromatic heterocycles. The van der Waals surface area contributed by atoms with Crippen molar-refractivity contribution < 1.29 is 19.4 Å². The number of halogens is 1. The van der Waals surface area contributed by atoms with Gasteiger partial charge in [0.15, 0.2) is 11.5 Å². The first kappa shape index (κ1) is 21.2. The SMILES string of the molecule is CN(C)CC(CNC(=O)Nc1cc2c(cc1Cl)OCCO2)C(O)c1ccccc1. The molecule has 0 fully saturated rings. The summed E-state index contributed by atoms with van der Waals surface area (Å²) in [5.74, 6) is 0.916. The molecule has 2 aromatic rings. The van der Waals surface area contributed by atoms with Crippen molar-refractivity contribution in [2.45, 2.75) is 6.10 Å². The largest absolute Gasteiger partial charge is 0.486 e. The van der Waals surface area contributed by atoms with Gasteiger partial charge in [0.1, 0.15) is 13.2 Å². The lowest BCUT2D eigenvalue weighted by atomic mass is 9.95. The van der Waals surface area contributed by atoms with Crippen LogP contribution in [0.3, 0.4) is 0 Å². The van der Waals surface area contributed by atoms with E-state index in [1.54, 1.807) is 12.1 Å². The van der Waals surface area contributed by atoms with Gasteiger partial charge in [0.05, 0.1) is 16.8 Å². The number of ether oxygens (including phenoxy) is 2. The average molecular weight is 420 g/mol. The van der Waals surface area contributed by atoms with E-state index in [1.165, 1.54) is 0 Å². The zero-order valence-electron chi connectivity index (χ0n) is 16.5. The van der Waals surface area contributed by atoms with Gasteiger partial charge in [0, 0.05) is 31.1 Å². The molecule has 2 atom stereocenters. The van der Waals surface area contributed by atoms with Crippen molar-refractivity contribution in [2.24, 2.45) is 5.92 Å². The van der Waals surface area contributed by atoms with Crippen LogP contribution < -0.4 is 20.1 Å². The van der Waals surface area contributed by atoms with Crippen molar-refractivity contribution in [1.82, 2.24) is 10.2 Å². The number of hydrogen-bond donors (Lipinski definition) is 3. The summed E-state index contributed by atoms with van der Waals surface area (Å²) in [5.41, 5.74) is 1.25. The zero-order valence-corrected chi connectivity index (χ0v) is 17.3. The summed E-state index contributed by atoms with van der Waals surface area (Å²) in [6.07, 6.45) is -0.697. The number of carbonyl (C=O) groups is 1. The van der Waals surface area contributed by atoms with E-state index >= 15 is 0 Å². The monoisotopic (exact) mass is 419 g/mol. The molecule has 3 rings (SSSR count). The number of fused-ring (bicyclic) bond motifs is 1. The standard InChI is InChI=1S/C21H26ClN3O4/c1-25(2)13-15(20(26)14-6-4-3-5-7-14)12-23-21(27)24-17-11-19-18(10-16(17)22)28-8-9-29-19/h3-7,10-11,15,20,26H,8-9,12-13H2,1-2H3,(H2,23,24,27). The molecule has 2 amide bonds. The highest BCUT2D eigenvalue weighted by atomic mass is 35.5. The third-order valence-corrected chi connectivity index (χ3v) is 4.90. The van der Waals surface area contributed by atoms with Gasteiger partial charge in [-0.2, -0.15) is 0 Å². The van der Waals surface area contributed by atoms with Crippen LogP contribution in [-0.2, 0) is 0 Å². The first-order valence-electron chi connectivity index (χ1n) is 9.46. The maximum absolute atomic E-state index is 12.4. The molecule has 1 heterocycles. The summed E-state index contributed by atoms with van der Waals surface area (Å²) in [5, 5.41) is 16.7. The van der Waals surface area contributed by atoms with Crippen LogP contribution in [0.5, 0.6) is 11.5 Å². The third kappa shape index (κ3) is 5.76. The Morgan fingerprint density at radius 2 is 1.83 bits per heavy atom. The van der Waals surface area contributed by atoms with E-state index in [4.69, 9.17) is 21.1 Å². The molecule has 0 saturated heterocycles. The van der Waals surface area contributed by atoms with Crippen LogP contribution in [0.2, 0.25) is 5.02 Å². The van der Waals surface area contributed by atoms with Crippen molar-refractivity contribution in [3.05, 3.63) is 53.1 Å². The van der Waals surface area contributed by atoms with Gasteiger partial charge in [0.2, 0.25) is 0 Å². The number of aliphatic hydroxyl groups excluding tert-OH is 1. The molecule has 8 heteroatoms. The van der Waals surface area contributed by atoms with Gasteiger partial charge in [-0.25, -0.2) is 4.79 Å². The van der Waals surface area contributed by atoms with Gasteiger partial charge in [-0.15, -0.1) is 0 Å². The average Bonchev–Trinajstić information content (AvgIpc) is 2.71. The van der Waals surface area contributed by atoms with Crippen molar-refractivity contribution >= 4 is 23.3 Å². The van der Waals surface area contributed by atoms with E-state index in [-0.39, 0.29) is 5.92 Å². The number of nitrogens with zero attached hydrogens (tertiary/aromatic N) is 1. The fourth-order valence-electron chi connectivity index (χ4n) is 3.22. The molecule has 3 N–H and O–H groups in total. The molecule has 0 aliphatic carbocycles. The normalized spacial score (nSPS) is 14.9. The molecule has 1 aliphatic rings. The summed E-state index contributed by atoms with van der Waals surface area (Å²) in [7, 11) is 3.86. The zero-order chi connectivity index (χ0) is 20.8. The van der Waals surface area contributed by atoms with Gasteiger partial charge in [-0.1, -0.05) is 41.9 Å². The maximum Gasteiger partial charge on any atom is 0.319 e. The molecule has 0 spiro atoms. The quantitative estimate of drug-likeness (QED) is 0.642. The minimum absolute atomic E-state index is 0.186. The summed E-state index contributed by atoms with van der Waals surface area (Å²) < 4.78 is 11.0. The molecule has 0 saturated carbocycles. The van der Waals surface area contributed by atoms with Gasteiger partial charge in [0.25, 0.3) is 0 Å². The molecule has 0 radical (unpaired) electrons. The van der Waals surface area contributed by atoms with Gasteiger partial charge >= 0.3 is 6.03 Å². The Balaban J connectivity index is 1.63. The molecule has 0 bridgehead atoms. The minimum atomic E-state index is -0.697. The maximum atomic E-state index is 12.4. The number of amides is 2. The van der Waals surface area contributed by atoms with Crippen LogP contribution in [0.25, 0.3) is 0 Å². The second-order valence-corrected chi connectivity index (χ2v) is 7.60. The highest BCUT2D eigenvalue weighted by Gasteiger charge is 2.23. The smallest absolute Gasteiger partial charge is 0.319 e. The Bertz CT molecular complexity index is 832. The number of carbonyl (C=O) groups excluding carboxylic acids is 1. The van der Waals surface area contributed by atoms with Crippen LogP contribution in [0.15, 0.2) is 42.5 Å². The molecule has 7 nitrogen and oxygen atoms in total. The number of hydrogen-bond acceptors (Lipinski definition) is 5. The molecule has 29 heavy (non-hydrogen) atoms. The molecular weight excluding hydrogens is 394 g/mol. The Hall–Kier alpha value is -2.48. The highest BCUT2D eigenvalue weighted by molar-refractivity contribution is 6.34. The Kier molecular flexibility index (Phi) is 7.19. The fraction of sp³-hybridized carbons (Fsp3) is 0.381. The number of nitrogens with one attached hydrogen (secondary N) is 2. The van der Waals surface area contributed by atoms with Crippen LogP contribution in [0, 0.1) is 5.92 Å². The highest BCUT2D eigenvalue weighted by Crippen LogP contribution is 2.37. The Morgan fingerprint density at radius 1 is 1.17 bits per heavy atom. The Morgan fingerprint density at radius 3 is 2.48 bits per heavy atom. The second-order valence-electron chi connectivity index (χ2n) is 7.19. The van der Waals surface area contributed by atoms with E-state index in [0.29, 0.717) is 48.5 Å². The van der Waals surface area contributed by atoms with Crippen molar-refractivity contribution in [3.8, 4) is 11.5 Å². The summed E-state index contributed by atoms with van der Waals surface area (Å²) in [6, 6.07) is 12.3. The van der Waals surface area contributed by atoms with E-state index in [0.717, 1.165) is 5.56 Å². The number of aliphatic hydroxyl groups is 1. The minimum Gasteiger partial charge on any atom is -0.486 e.